The lowest BCUT2D eigenvalue weighted by Crippen LogP contribution is -2.52. The van der Waals surface area contributed by atoms with Crippen LogP contribution in [0.2, 0.25) is 0 Å². The molecule has 10 nitrogen and oxygen atoms in total. The van der Waals surface area contributed by atoms with Crippen molar-refractivity contribution in [2.24, 2.45) is 0 Å². The van der Waals surface area contributed by atoms with Crippen LogP contribution in [-0.2, 0) is 25.6 Å². The predicted molar refractivity (Wildman–Crippen MR) is 158 cm³/mol. The normalized spacial score (nSPS) is 16.5. The van der Waals surface area contributed by atoms with Gasteiger partial charge < -0.3 is 0 Å². The van der Waals surface area contributed by atoms with Gasteiger partial charge >= 0.3 is 12.1 Å². The summed E-state index contributed by atoms with van der Waals surface area (Å²) in [5.74, 6) is -2.54. The van der Waals surface area contributed by atoms with Gasteiger partial charge in [-0.05, 0) is 54.5 Å². The van der Waals surface area contributed by atoms with E-state index < -0.39 is 35.7 Å². The van der Waals surface area contributed by atoms with E-state index in [1.165, 1.54) is 63.0 Å². The van der Waals surface area contributed by atoms with E-state index in [1.54, 1.807) is 11.3 Å². The van der Waals surface area contributed by atoms with Crippen molar-refractivity contribution in [3.05, 3.63) is 56.8 Å². The number of urea groups is 2. The van der Waals surface area contributed by atoms with E-state index in [1.807, 2.05) is 24.3 Å². The second kappa shape index (κ2) is 10.7. The van der Waals surface area contributed by atoms with Crippen molar-refractivity contribution in [1.82, 2.24) is 19.6 Å². The molecule has 0 aliphatic carbocycles. The summed E-state index contributed by atoms with van der Waals surface area (Å²) >= 11 is 4.48. The highest BCUT2D eigenvalue weighted by molar-refractivity contribution is 7.27. The van der Waals surface area contributed by atoms with Gasteiger partial charge in [-0.3, -0.25) is 38.8 Å². The molecular formula is C28H24N4O6S3. The maximum absolute atomic E-state index is 12.6. The number of imide groups is 4. The quantitative estimate of drug-likeness (QED) is 0.308. The Balaban J connectivity index is 1.43. The van der Waals surface area contributed by atoms with Crippen LogP contribution in [-0.4, -0.2) is 83.5 Å². The molecule has 0 unspecified atom stereocenters. The third-order valence-corrected chi connectivity index (χ3v) is 10.4. The number of carbonyl (C=O) groups is 6. The number of nitrogens with zero attached hydrogens (tertiary/aromatic N) is 4. The maximum Gasteiger partial charge on any atom is 0.333 e. The van der Waals surface area contributed by atoms with Gasteiger partial charge in [0.25, 0.3) is 23.6 Å². The SMILES string of the molecule is CCc1cc(-c2ccc(C=C3C(=O)N(C)C(=O)N(C)C3=O)s2)sc1-c1ccc(C=C2C(=O)N(C)C(=O)N(C)C2=O)s1. The average molecular weight is 609 g/mol. The highest BCUT2D eigenvalue weighted by atomic mass is 32.1. The molecule has 0 spiro atoms. The molecule has 0 bridgehead atoms. The van der Waals surface area contributed by atoms with Gasteiger partial charge in [0, 0.05) is 57.5 Å². The van der Waals surface area contributed by atoms with Crippen LogP contribution >= 0.6 is 34.0 Å². The van der Waals surface area contributed by atoms with Crippen LogP contribution in [0, 0.1) is 0 Å². The van der Waals surface area contributed by atoms with Gasteiger partial charge in [-0.1, -0.05) is 6.92 Å². The minimum absolute atomic E-state index is 0.0671. The zero-order valence-electron chi connectivity index (χ0n) is 22.7. The van der Waals surface area contributed by atoms with Crippen molar-refractivity contribution in [1.29, 1.82) is 0 Å². The van der Waals surface area contributed by atoms with E-state index >= 15 is 0 Å². The lowest BCUT2D eigenvalue weighted by atomic mass is 10.1. The third-order valence-electron chi connectivity index (χ3n) is 6.77. The minimum Gasteiger partial charge on any atom is -0.268 e. The summed E-state index contributed by atoms with van der Waals surface area (Å²) in [6.45, 7) is 2.06. The molecule has 5 rings (SSSR count). The summed E-state index contributed by atoms with van der Waals surface area (Å²) in [6.07, 6.45) is 3.82. The molecule has 3 aromatic rings. The van der Waals surface area contributed by atoms with E-state index in [-0.39, 0.29) is 11.1 Å². The van der Waals surface area contributed by atoms with Gasteiger partial charge in [-0.15, -0.1) is 34.0 Å². The van der Waals surface area contributed by atoms with Gasteiger partial charge in [0.15, 0.2) is 0 Å². The number of hydrogen-bond donors (Lipinski definition) is 0. The second-order valence-corrected chi connectivity index (χ2v) is 12.6. The topological polar surface area (TPSA) is 115 Å². The van der Waals surface area contributed by atoms with Crippen LogP contribution in [0.5, 0.6) is 0 Å². The molecule has 2 saturated heterocycles. The first kappa shape index (κ1) is 28.3. The Labute approximate surface area is 247 Å². The molecular weight excluding hydrogens is 585 g/mol. The van der Waals surface area contributed by atoms with Crippen molar-refractivity contribution in [2.75, 3.05) is 28.2 Å². The lowest BCUT2D eigenvalue weighted by Gasteiger charge is -2.28. The zero-order valence-corrected chi connectivity index (χ0v) is 25.2. The third kappa shape index (κ3) is 4.85. The van der Waals surface area contributed by atoms with Crippen LogP contribution < -0.4 is 0 Å². The van der Waals surface area contributed by atoms with Gasteiger partial charge in [-0.25, -0.2) is 9.59 Å². The number of likely N-dealkylation sites (N-methyl/N-ethyl adjacent to an activating group) is 4. The Hall–Kier alpha value is -4.20. The fraction of sp³-hybridized carbons (Fsp3) is 0.214. The Kier molecular flexibility index (Phi) is 7.36. The first-order valence-electron chi connectivity index (χ1n) is 12.4. The minimum atomic E-state index is -0.665. The molecule has 2 fully saturated rings. The predicted octanol–water partition coefficient (Wildman–Crippen LogP) is 4.64. The average Bonchev–Trinajstić information content (AvgIpc) is 3.73. The number of barbiturate groups is 2. The summed E-state index contributed by atoms with van der Waals surface area (Å²) in [5.41, 5.74) is 0.997. The first-order valence-corrected chi connectivity index (χ1v) is 14.8. The van der Waals surface area contributed by atoms with Gasteiger partial charge in [0.2, 0.25) is 0 Å². The Morgan fingerprint density at radius 3 is 1.44 bits per heavy atom. The van der Waals surface area contributed by atoms with Gasteiger partial charge in [-0.2, -0.15) is 0 Å². The summed E-state index contributed by atoms with van der Waals surface area (Å²) in [6, 6.07) is 8.34. The summed E-state index contributed by atoms with van der Waals surface area (Å²) in [5, 5.41) is 0. The Morgan fingerprint density at radius 1 is 0.585 bits per heavy atom. The molecule has 210 valence electrons. The maximum atomic E-state index is 12.6. The van der Waals surface area contributed by atoms with Crippen LogP contribution in [0.4, 0.5) is 9.59 Å². The monoisotopic (exact) mass is 608 g/mol. The van der Waals surface area contributed by atoms with Crippen molar-refractivity contribution in [3.63, 3.8) is 0 Å². The highest BCUT2D eigenvalue weighted by Crippen LogP contribution is 2.43. The smallest absolute Gasteiger partial charge is 0.268 e. The fourth-order valence-electron chi connectivity index (χ4n) is 4.37. The van der Waals surface area contributed by atoms with E-state index in [0.717, 1.165) is 51.1 Å². The van der Waals surface area contributed by atoms with Crippen molar-refractivity contribution in [2.45, 2.75) is 13.3 Å². The van der Waals surface area contributed by atoms with Crippen molar-refractivity contribution >= 4 is 81.9 Å². The number of carbonyl (C=O) groups excluding carboxylic acids is 6. The van der Waals surface area contributed by atoms with Gasteiger partial charge in [0.1, 0.15) is 11.1 Å². The highest BCUT2D eigenvalue weighted by Gasteiger charge is 2.39. The number of aryl methyl sites for hydroxylation is 1. The number of amides is 8. The molecule has 0 atom stereocenters. The molecule has 0 radical (unpaired) electrons. The molecule has 0 N–H and O–H groups in total. The van der Waals surface area contributed by atoms with E-state index in [9.17, 15) is 28.8 Å². The molecule has 8 amide bonds. The number of thiophene rings is 3. The Morgan fingerprint density at radius 2 is 1.00 bits per heavy atom. The van der Waals surface area contributed by atoms with Crippen LogP contribution in [0.15, 0.2) is 41.5 Å². The van der Waals surface area contributed by atoms with E-state index in [2.05, 4.69) is 13.0 Å². The molecule has 5 heterocycles. The fourth-order valence-corrected chi connectivity index (χ4v) is 7.75. The molecule has 13 heteroatoms. The Bertz CT molecular complexity index is 1670. The van der Waals surface area contributed by atoms with Crippen LogP contribution in [0.3, 0.4) is 0 Å². The lowest BCUT2D eigenvalue weighted by molar-refractivity contribution is -0.135. The largest absolute Gasteiger partial charge is 0.333 e. The molecule has 41 heavy (non-hydrogen) atoms. The zero-order chi connectivity index (χ0) is 29.7. The van der Waals surface area contributed by atoms with Crippen molar-refractivity contribution in [3.8, 4) is 19.5 Å². The van der Waals surface area contributed by atoms with Crippen molar-refractivity contribution < 1.29 is 28.8 Å². The second-order valence-electron chi connectivity index (χ2n) is 9.36. The molecule has 2 aliphatic rings. The molecule has 0 aromatic carbocycles. The number of rotatable bonds is 5. The van der Waals surface area contributed by atoms with Gasteiger partial charge in [0.05, 0.1) is 0 Å². The van der Waals surface area contributed by atoms with E-state index in [4.69, 9.17) is 0 Å². The summed E-state index contributed by atoms with van der Waals surface area (Å²) < 4.78 is 0. The summed E-state index contributed by atoms with van der Waals surface area (Å²) in [4.78, 5) is 83.5. The number of hydrogen-bond acceptors (Lipinski definition) is 9. The first-order chi connectivity index (χ1) is 19.4. The van der Waals surface area contributed by atoms with Crippen LogP contribution in [0.25, 0.3) is 31.7 Å². The molecule has 0 saturated carbocycles. The van der Waals surface area contributed by atoms with E-state index in [0.29, 0.717) is 9.75 Å². The molecule has 3 aromatic heterocycles. The standard InChI is InChI=1S/C28H24N4O6S3/c1-6-14-11-21(19-9-7-15(39-19)12-17-23(33)29(2)27(37)30(3)24(17)34)41-22(14)20-10-8-16(40-20)13-18-25(35)31(4)28(38)32(5)26(18)36/h7-13H,6H2,1-5H3. The summed E-state index contributed by atoms with van der Waals surface area (Å²) in [7, 11) is 5.38. The van der Waals surface area contributed by atoms with Crippen LogP contribution in [0.1, 0.15) is 22.2 Å². The molecule has 2 aliphatic heterocycles.